The molecule has 0 unspecified atom stereocenters. The monoisotopic (exact) mass is 339 g/mol. The molecule has 0 radical (unpaired) electrons. The van der Waals surface area contributed by atoms with Crippen LogP contribution >= 0.6 is 0 Å². The van der Waals surface area contributed by atoms with Crippen molar-refractivity contribution in [2.45, 2.75) is 6.92 Å². The molecule has 1 aromatic carbocycles. The molecule has 0 atom stereocenters. The number of nitrogens with one attached hydrogen (secondary N) is 2. The zero-order valence-electron chi connectivity index (χ0n) is 13.6. The maximum Gasteiger partial charge on any atom is 0.208 e. The van der Waals surface area contributed by atoms with E-state index in [0.717, 1.165) is 23.0 Å². The fraction of sp³-hybridized carbons (Fsp3) is 0.400. The molecule has 0 bridgehead atoms. The van der Waals surface area contributed by atoms with Crippen LogP contribution in [0.1, 0.15) is 5.56 Å². The third kappa shape index (κ3) is 4.23. The molecule has 7 nitrogen and oxygen atoms in total. The van der Waals surface area contributed by atoms with E-state index in [9.17, 15) is 8.42 Å². The van der Waals surface area contributed by atoms with Gasteiger partial charge >= 0.3 is 0 Å². The summed E-state index contributed by atoms with van der Waals surface area (Å²) in [6, 6.07) is 5.55. The summed E-state index contributed by atoms with van der Waals surface area (Å²) in [7, 11) is 0.0184. The number of fused-ring (bicyclic) bond motifs is 1. The highest BCUT2D eigenvalue weighted by Crippen LogP contribution is 2.35. The van der Waals surface area contributed by atoms with E-state index in [4.69, 9.17) is 9.47 Å². The lowest BCUT2D eigenvalue weighted by atomic mass is 10.1. The van der Waals surface area contributed by atoms with E-state index in [1.807, 2.05) is 25.1 Å². The number of hydrogen-bond acceptors (Lipinski definition) is 6. The molecule has 0 fully saturated rings. The SMILES string of the molecule is COc1ccc(OC)c2c(C)cc(NCCNS(C)(=O)=O)nc12. The lowest BCUT2D eigenvalue weighted by Crippen LogP contribution is -2.27. The third-order valence-electron chi connectivity index (χ3n) is 3.32. The number of nitrogens with zero attached hydrogens (tertiary/aromatic N) is 1. The minimum atomic E-state index is -3.19. The number of rotatable bonds is 7. The van der Waals surface area contributed by atoms with Gasteiger partial charge in [0.1, 0.15) is 22.8 Å². The number of aromatic nitrogens is 1. The Morgan fingerprint density at radius 3 is 2.39 bits per heavy atom. The van der Waals surface area contributed by atoms with E-state index in [1.54, 1.807) is 14.2 Å². The number of hydrogen-bond donors (Lipinski definition) is 2. The van der Waals surface area contributed by atoms with Crippen molar-refractivity contribution in [2.75, 3.05) is 38.9 Å². The predicted octanol–water partition coefficient (Wildman–Crippen LogP) is 1.52. The first kappa shape index (κ1) is 17.3. The number of anilines is 1. The highest BCUT2D eigenvalue weighted by molar-refractivity contribution is 7.88. The second-order valence-corrected chi connectivity index (χ2v) is 6.94. The lowest BCUT2D eigenvalue weighted by molar-refractivity contribution is 0.409. The number of aryl methyl sites for hydroxylation is 1. The maximum absolute atomic E-state index is 11.0. The summed E-state index contributed by atoms with van der Waals surface area (Å²) in [5.74, 6) is 2.04. The van der Waals surface area contributed by atoms with Crippen LogP contribution in [0.15, 0.2) is 18.2 Å². The second kappa shape index (κ2) is 7.01. The Balaban J connectivity index is 2.29. The Morgan fingerprint density at radius 2 is 1.78 bits per heavy atom. The van der Waals surface area contributed by atoms with Crippen LogP contribution in [0.2, 0.25) is 0 Å². The van der Waals surface area contributed by atoms with Gasteiger partial charge < -0.3 is 14.8 Å². The summed E-state index contributed by atoms with van der Waals surface area (Å²) in [5, 5.41) is 4.00. The summed E-state index contributed by atoms with van der Waals surface area (Å²) in [6.45, 7) is 2.68. The van der Waals surface area contributed by atoms with E-state index in [1.165, 1.54) is 0 Å². The van der Waals surface area contributed by atoms with Crippen LogP contribution in [-0.4, -0.2) is 47.0 Å². The molecule has 0 saturated carbocycles. The molecule has 1 aromatic heterocycles. The first-order valence-electron chi connectivity index (χ1n) is 7.06. The van der Waals surface area contributed by atoms with Crippen LogP contribution in [0.5, 0.6) is 11.5 Å². The highest BCUT2D eigenvalue weighted by atomic mass is 32.2. The number of sulfonamides is 1. The van der Waals surface area contributed by atoms with Gasteiger partial charge in [0.25, 0.3) is 0 Å². The van der Waals surface area contributed by atoms with Crippen molar-refractivity contribution in [1.82, 2.24) is 9.71 Å². The minimum absolute atomic E-state index is 0.285. The Morgan fingerprint density at radius 1 is 1.13 bits per heavy atom. The molecule has 0 saturated heterocycles. The fourth-order valence-electron chi connectivity index (χ4n) is 2.33. The second-order valence-electron chi connectivity index (χ2n) is 5.11. The Hall–Kier alpha value is -2.06. The molecule has 126 valence electrons. The van der Waals surface area contributed by atoms with Gasteiger partial charge in [-0.2, -0.15) is 0 Å². The summed E-state index contributed by atoms with van der Waals surface area (Å²) >= 11 is 0. The van der Waals surface area contributed by atoms with Crippen molar-refractivity contribution in [3.05, 3.63) is 23.8 Å². The summed E-state index contributed by atoms with van der Waals surface area (Å²) in [4.78, 5) is 4.56. The molecular formula is C15H21N3O4S. The van der Waals surface area contributed by atoms with Crippen LogP contribution in [0.4, 0.5) is 5.82 Å². The van der Waals surface area contributed by atoms with Gasteiger partial charge in [-0.15, -0.1) is 0 Å². The number of pyridine rings is 1. The Labute approximate surface area is 136 Å². The average molecular weight is 339 g/mol. The van der Waals surface area contributed by atoms with Gasteiger partial charge in [-0.3, -0.25) is 0 Å². The molecular weight excluding hydrogens is 318 g/mol. The molecule has 0 amide bonds. The first-order chi connectivity index (χ1) is 10.9. The molecule has 2 N–H and O–H groups in total. The van der Waals surface area contributed by atoms with E-state index in [2.05, 4.69) is 15.0 Å². The summed E-state index contributed by atoms with van der Waals surface area (Å²) in [6.07, 6.45) is 1.13. The zero-order chi connectivity index (χ0) is 17.0. The van der Waals surface area contributed by atoms with E-state index in [-0.39, 0.29) is 6.54 Å². The number of ether oxygens (including phenoxy) is 2. The van der Waals surface area contributed by atoms with E-state index < -0.39 is 10.0 Å². The standard InChI is InChI=1S/C15H21N3O4S/c1-10-9-13(16-7-8-17-23(4,19)20)18-15-12(22-3)6-5-11(21-2)14(10)15/h5-6,9,17H,7-8H2,1-4H3,(H,16,18). The van der Waals surface area contributed by atoms with Gasteiger partial charge in [0, 0.05) is 18.5 Å². The van der Waals surface area contributed by atoms with Crippen molar-refractivity contribution in [3.63, 3.8) is 0 Å². The van der Waals surface area contributed by atoms with Gasteiger partial charge in [0.15, 0.2) is 0 Å². The van der Waals surface area contributed by atoms with Crippen molar-refractivity contribution < 1.29 is 17.9 Å². The minimum Gasteiger partial charge on any atom is -0.496 e. The summed E-state index contributed by atoms with van der Waals surface area (Å²) < 4.78 is 35.3. The van der Waals surface area contributed by atoms with Crippen LogP contribution < -0.4 is 19.5 Å². The smallest absolute Gasteiger partial charge is 0.208 e. The van der Waals surface area contributed by atoms with Gasteiger partial charge in [0.05, 0.1) is 20.5 Å². The third-order valence-corrected chi connectivity index (χ3v) is 4.05. The normalized spacial score (nSPS) is 11.5. The van der Waals surface area contributed by atoms with Gasteiger partial charge in [0.2, 0.25) is 10.0 Å². The molecule has 2 rings (SSSR count). The van der Waals surface area contributed by atoms with Crippen molar-refractivity contribution in [2.24, 2.45) is 0 Å². The summed E-state index contributed by atoms with van der Waals surface area (Å²) in [5.41, 5.74) is 1.69. The topological polar surface area (TPSA) is 89.5 Å². The van der Waals surface area contributed by atoms with E-state index >= 15 is 0 Å². The average Bonchev–Trinajstić information content (AvgIpc) is 2.49. The van der Waals surface area contributed by atoms with Gasteiger partial charge in [-0.05, 0) is 30.7 Å². The Kier molecular flexibility index (Phi) is 5.27. The largest absolute Gasteiger partial charge is 0.496 e. The first-order valence-corrected chi connectivity index (χ1v) is 8.95. The van der Waals surface area contributed by atoms with Crippen molar-refractivity contribution in [3.8, 4) is 11.5 Å². The molecule has 0 aliphatic rings. The lowest BCUT2D eigenvalue weighted by Gasteiger charge is -2.14. The van der Waals surface area contributed by atoms with Crippen LogP contribution in [0, 0.1) is 6.92 Å². The number of methoxy groups -OCH3 is 2. The van der Waals surface area contributed by atoms with Crippen LogP contribution in [0.25, 0.3) is 10.9 Å². The molecule has 23 heavy (non-hydrogen) atoms. The van der Waals surface area contributed by atoms with Crippen LogP contribution in [-0.2, 0) is 10.0 Å². The van der Waals surface area contributed by atoms with Gasteiger partial charge in [-0.25, -0.2) is 18.1 Å². The fourth-order valence-corrected chi connectivity index (χ4v) is 2.80. The quantitative estimate of drug-likeness (QED) is 0.744. The van der Waals surface area contributed by atoms with Crippen molar-refractivity contribution >= 4 is 26.7 Å². The predicted molar refractivity (Wildman–Crippen MR) is 90.9 cm³/mol. The van der Waals surface area contributed by atoms with Crippen molar-refractivity contribution in [1.29, 1.82) is 0 Å². The molecule has 0 spiro atoms. The van der Waals surface area contributed by atoms with Gasteiger partial charge in [-0.1, -0.05) is 0 Å². The van der Waals surface area contributed by atoms with E-state index in [0.29, 0.717) is 23.6 Å². The number of benzene rings is 1. The molecule has 8 heteroatoms. The maximum atomic E-state index is 11.0. The molecule has 1 heterocycles. The highest BCUT2D eigenvalue weighted by Gasteiger charge is 2.12. The molecule has 0 aliphatic heterocycles. The zero-order valence-corrected chi connectivity index (χ0v) is 14.5. The molecule has 2 aromatic rings. The Bertz CT molecular complexity index is 806. The molecule has 0 aliphatic carbocycles. The van der Waals surface area contributed by atoms with Crippen LogP contribution in [0.3, 0.4) is 0 Å².